The number of anilines is 1. The summed E-state index contributed by atoms with van der Waals surface area (Å²) in [6.07, 6.45) is 2.89. The third-order valence-electron chi connectivity index (χ3n) is 2.99. The summed E-state index contributed by atoms with van der Waals surface area (Å²) < 4.78 is 5.87. The highest BCUT2D eigenvalue weighted by Gasteiger charge is 2.19. The Morgan fingerprint density at radius 2 is 2.21 bits per heavy atom. The summed E-state index contributed by atoms with van der Waals surface area (Å²) in [5.74, 6) is 1.80. The van der Waals surface area contributed by atoms with Crippen molar-refractivity contribution in [2.24, 2.45) is 0 Å². The first kappa shape index (κ1) is 12.5. The molecule has 0 amide bonds. The van der Waals surface area contributed by atoms with Crippen molar-refractivity contribution < 1.29 is 4.74 Å². The Morgan fingerprint density at radius 3 is 3.00 bits per heavy atom. The van der Waals surface area contributed by atoms with Crippen molar-refractivity contribution >= 4 is 17.2 Å². The molecule has 0 saturated carbocycles. The van der Waals surface area contributed by atoms with Gasteiger partial charge in [0.2, 0.25) is 0 Å². The van der Waals surface area contributed by atoms with Crippen molar-refractivity contribution in [3.05, 3.63) is 29.3 Å². The van der Waals surface area contributed by atoms with Crippen molar-refractivity contribution in [2.45, 2.75) is 32.7 Å². The fraction of sp³-hybridized carbons (Fsp3) is 0.400. The first-order valence-electron chi connectivity index (χ1n) is 6.51. The van der Waals surface area contributed by atoms with E-state index in [0.29, 0.717) is 0 Å². The van der Waals surface area contributed by atoms with Crippen LogP contribution in [0, 0.1) is 0 Å². The SMILES string of the molecule is CC(C)(C)Nc1cc2c(cn1)-c1sccc1CCO2. The van der Waals surface area contributed by atoms with Gasteiger partial charge < -0.3 is 10.1 Å². The highest BCUT2D eigenvalue weighted by Crippen LogP contribution is 2.39. The quantitative estimate of drug-likeness (QED) is 0.855. The van der Waals surface area contributed by atoms with Crippen LogP contribution in [-0.4, -0.2) is 17.1 Å². The molecule has 0 radical (unpaired) electrons. The van der Waals surface area contributed by atoms with E-state index in [9.17, 15) is 0 Å². The molecule has 0 saturated heterocycles. The van der Waals surface area contributed by atoms with Gasteiger partial charge in [-0.25, -0.2) is 4.98 Å². The van der Waals surface area contributed by atoms with Crippen molar-refractivity contribution in [3.8, 4) is 16.2 Å². The van der Waals surface area contributed by atoms with E-state index in [1.54, 1.807) is 11.3 Å². The average molecular weight is 274 g/mol. The summed E-state index contributed by atoms with van der Waals surface area (Å²) >= 11 is 1.76. The van der Waals surface area contributed by atoms with Crippen molar-refractivity contribution in [3.63, 3.8) is 0 Å². The van der Waals surface area contributed by atoms with Gasteiger partial charge in [-0.15, -0.1) is 11.3 Å². The van der Waals surface area contributed by atoms with Gasteiger partial charge in [0.25, 0.3) is 0 Å². The van der Waals surface area contributed by atoms with Crippen molar-refractivity contribution in [1.82, 2.24) is 4.98 Å². The molecule has 3 heterocycles. The zero-order chi connectivity index (χ0) is 13.5. The summed E-state index contributed by atoms with van der Waals surface area (Å²) in [5, 5.41) is 5.52. The molecule has 0 aromatic carbocycles. The topological polar surface area (TPSA) is 34.2 Å². The second kappa shape index (κ2) is 4.53. The Kier molecular flexibility index (Phi) is 2.97. The van der Waals surface area contributed by atoms with Gasteiger partial charge in [-0.3, -0.25) is 0 Å². The van der Waals surface area contributed by atoms with E-state index in [4.69, 9.17) is 4.74 Å². The molecular formula is C15H18N2OS. The minimum atomic E-state index is 0.0000578. The maximum Gasteiger partial charge on any atom is 0.133 e. The lowest BCUT2D eigenvalue weighted by molar-refractivity contribution is 0.326. The number of nitrogens with zero attached hydrogens (tertiary/aromatic N) is 1. The molecule has 19 heavy (non-hydrogen) atoms. The molecule has 1 aliphatic rings. The van der Waals surface area contributed by atoms with E-state index in [-0.39, 0.29) is 5.54 Å². The molecule has 2 aromatic rings. The predicted octanol–water partition coefficient (Wildman–Crippen LogP) is 3.96. The van der Waals surface area contributed by atoms with Gasteiger partial charge in [0.05, 0.1) is 12.2 Å². The zero-order valence-corrected chi connectivity index (χ0v) is 12.3. The number of nitrogens with one attached hydrogen (secondary N) is 1. The number of rotatable bonds is 1. The fourth-order valence-corrected chi connectivity index (χ4v) is 3.19. The fourth-order valence-electron chi connectivity index (χ4n) is 2.22. The number of aromatic nitrogens is 1. The molecule has 0 aliphatic carbocycles. The van der Waals surface area contributed by atoms with Gasteiger partial charge >= 0.3 is 0 Å². The zero-order valence-electron chi connectivity index (χ0n) is 11.5. The first-order valence-corrected chi connectivity index (χ1v) is 7.39. The molecule has 4 heteroatoms. The lowest BCUT2D eigenvalue weighted by atomic mass is 10.1. The molecule has 0 bridgehead atoms. The minimum absolute atomic E-state index is 0.0000578. The molecule has 1 aliphatic heterocycles. The molecule has 3 nitrogen and oxygen atoms in total. The van der Waals surface area contributed by atoms with E-state index < -0.39 is 0 Å². The molecule has 1 N–H and O–H groups in total. The Morgan fingerprint density at radius 1 is 1.37 bits per heavy atom. The van der Waals surface area contributed by atoms with E-state index in [1.165, 1.54) is 10.4 Å². The van der Waals surface area contributed by atoms with Crippen LogP contribution in [0.2, 0.25) is 0 Å². The maximum atomic E-state index is 5.87. The Hall–Kier alpha value is -1.55. The van der Waals surface area contributed by atoms with Gasteiger partial charge in [-0.2, -0.15) is 0 Å². The van der Waals surface area contributed by atoms with E-state index in [1.807, 2.05) is 12.3 Å². The molecular weight excluding hydrogens is 256 g/mol. The highest BCUT2D eigenvalue weighted by molar-refractivity contribution is 7.13. The van der Waals surface area contributed by atoms with Crippen LogP contribution < -0.4 is 10.1 Å². The minimum Gasteiger partial charge on any atom is -0.492 e. The van der Waals surface area contributed by atoms with Crippen LogP contribution in [0.3, 0.4) is 0 Å². The van der Waals surface area contributed by atoms with Gasteiger partial charge in [-0.1, -0.05) is 0 Å². The molecule has 0 fully saturated rings. The van der Waals surface area contributed by atoms with Crippen LogP contribution >= 0.6 is 11.3 Å². The molecule has 2 aromatic heterocycles. The van der Waals surface area contributed by atoms with Crippen LogP contribution in [0.1, 0.15) is 26.3 Å². The van der Waals surface area contributed by atoms with E-state index in [2.05, 4.69) is 42.5 Å². The van der Waals surface area contributed by atoms with E-state index in [0.717, 1.165) is 30.2 Å². The number of ether oxygens (including phenoxy) is 1. The van der Waals surface area contributed by atoms with Gasteiger partial charge in [0, 0.05) is 29.1 Å². The van der Waals surface area contributed by atoms with Gasteiger partial charge in [-0.05, 0) is 37.8 Å². The Balaban J connectivity index is 2.01. The number of thiophene rings is 1. The monoisotopic (exact) mass is 274 g/mol. The normalized spacial score (nSPS) is 14.1. The second-order valence-electron chi connectivity index (χ2n) is 5.81. The van der Waals surface area contributed by atoms with Crippen LogP contribution in [0.5, 0.6) is 5.75 Å². The largest absolute Gasteiger partial charge is 0.492 e. The lowest BCUT2D eigenvalue weighted by Gasteiger charge is -2.21. The second-order valence-corrected chi connectivity index (χ2v) is 6.73. The van der Waals surface area contributed by atoms with Crippen LogP contribution in [0.4, 0.5) is 5.82 Å². The number of hydrogen-bond acceptors (Lipinski definition) is 4. The molecule has 0 atom stereocenters. The number of pyridine rings is 1. The van der Waals surface area contributed by atoms with Gasteiger partial charge in [0.1, 0.15) is 11.6 Å². The van der Waals surface area contributed by atoms with Crippen molar-refractivity contribution in [2.75, 3.05) is 11.9 Å². The standard InChI is InChI=1S/C15H18N2OS/c1-15(2,3)17-13-8-12-11(9-16-13)14-10(4-6-18-12)5-7-19-14/h5,7-9H,4,6H2,1-3H3,(H,16,17). The Labute approximate surface area is 117 Å². The van der Waals surface area contributed by atoms with E-state index >= 15 is 0 Å². The van der Waals surface area contributed by atoms with Crippen LogP contribution in [0.15, 0.2) is 23.7 Å². The number of hydrogen-bond donors (Lipinski definition) is 1. The molecule has 0 unspecified atom stereocenters. The average Bonchev–Trinajstić information content (AvgIpc) is 2.69. The van der Waals surface area contributed by atoms with Crippen LogP contribution in [-0.2, 0) is 6.42 Å². The van der Waals surface area contributed by atoms with Crippen molar-refractivity contribution in [1.29, 1.82) is 0 Å². The highest BCUT2D eigenvalue weighted by atomic mass is 32.1. The summed E-state index contributed by atoms with van der Waals surface area (Å²) in [4.78, 5) is 5.81. The summed E-state index contributed by atoms with van der Waals surface area (Å²) in [7, 11) is 0. The lowest BCUT2D eigenvalue weighted by Crippen LogP contribution is -2.26. The smallest absolute Gasteiger partial charge is 0.133 e. The summed E-state index contributed by atoms with van der Waals surface area (Å²) in [6, 6.07) is 4.19. The number of fused-ring (bicyclic) bond motifs is 3. The van der Waals surface area contributed by atoms with Gasteiger partial charge in [0.15, 0.2) is 0 Å². The third kappa shape index (κ3) is 2.59. The summed E-state index contributed by atoms with van der Waals surface area (Å²) in [5.41, 5.74) is 2.48. The third-order valence-corrected chi connectivity index (χ3v) is 3.98. The first-order chi connectivity index (χ1) is 9.03. The van der Waals surface area contributed by atoms with Crippen LogP contribution in [0.25, 0.3) is 10.4 Å². The molecule has 0 spiro atoms. The molecule has 100 valence electrons. The maximum absolute atomic E-state index is 5.87. The predicted molar refractivity (Wildman–Crippen MR) is 80.1 cm³/mol. The Bertz CT molecular complexity index is 598. The summed E-state index contributed by atoms with van der Waals surface area (Å²) in [6.45, 7) is 7.10. The molecule has 3 rings (SSSR count).